The van der Waals surface area contributed by atoms with E-state index in [0.717, 1.165) is 6.08 Å². The summed E-state index contributed by atoms with van der Waals surface area (Å²) in [5, 5.41) is 0. The Labute approximate surface area is 51.5 Å². The van der Waals surface area contributed by atoms with Gasteiger partial charge in [-0.2, -0.15) is 0 Å². The molecule has 50 valence electrons. The summed E-state index contributed by atoms with van der Waals surface area (Å²) >= 11 is 0. The van der Waals surface area contributed by atoms with Crippen molar-refractivity contribution < 1.29 is 9.59 Å². The largest absolute Gasteiger partial charge is 0.394 e. The number of carbonyl (C=O) groups excluding carboxylic acids is 2. The van der Waals surface area contributed by atoms with Crippen LogP contribution in [0.1, 0.15) is 0 Å². The first-order chi connectivity index (χ1) is 4.04. The lowest BCUT2D eigenvalue weighted by molar-refractivity contribution is -0.116. The third-order valence-corrected chi connectivity index (χ3v) is 0.582. The van der Waals surface area contributed by atoms with E-state index in [2.05, 4.69) is 11.5 Å². The van der Waals surface area contributed by atoms with E-state index in [0.29, 0.717) is 0 Å². The lowest BCUT2D eigenvalue weighted by atomic mass is 10.4. The number of carbonyl (C=O) groups is 2. The van der Waals surface area contributed by atoms with E-state index >= 15 is 0 Å². The fraction of sp³-hybridized carbons (Fsp3) is 0. The summed E-state index contributed by atoms with van der Waals surface area (Å²) in [5.74, 6) is -1.64. The van der Waals surface area contributed by atoms with Crippen molar-refractivity contribution in [1.29, 1.82) is 0 Å². The maximum Gasteiger partial charge on any atom is 0.264 e. The second-order valence-electron chi connectivity index (χ2n) is 1.37. The SMILES string of the molecule is NC(=O)/C=C(\N)C(N)=O. The highest BCUT2D eigenvalue weighted by atomic mass is 16.2. The third-order valence-electron chi connectivity index (χ3n) is 0.582. The minimum Gasteiger partial charge on any atom is -0.394 e. The molecule has 2 amide bonds. The van der Waals surface area contributed by atoms with Crippen LogP contribution in [-0.2, 0) is 9.59 Å². The Hall–Kier alpha value is -1.52. The molecular weight excluding hydrogens is 122 g/mol. The molecule has 6 N–H and O–H groups in total. The van der Waals surface area contributed by atoms with Crippen molar-refractivity contribution in [2.75, 3.05) is 0 Å². The minimum atomic E-state index is -0.853. The molecule has 0 unspecified atom stereocenters. The van der Waals surface area contributed by atoms with Crippen LogP contribution in [0, 0.1) is 0 Å². The second kappa shape index (κ2) is 2.71. The van der Waals surface area contributed by atoms with Gasteiger partial charge >= 0.3 is 0 Å². The van der Waals surface area contributed by atoms with Crippen molar-refractivity contribution in [2.45, 2.75) is 0 Å². The zero-order chi connectivity index (χ0) is 7.44. The molecular formula is C4H7N3O2. The molecule has 5 nitrogen and oxygen atoms in total. The summed E-state index contributed by atoms with van der Waals surface area (Å²) in [4.78, 5) is 20.0. The third kappa shape index (κ3) is 3.10. The van der Waals surface area contributed by atoms with E-state index in [1.54, 1.807) is 0 Å². The fourth-order valence-corrected chi connectivity index (χ4v) is 0.224. The number of hydrogen-bond donors (Lipinski definition) is 3. The molecule has 0 fully saturated rings. The Kier molecular flexibility index (Phi) is 2.25. The van der Waals surface area contributed by atoms with E-state index in [9.17, 15) is 9.59 Å². The summed E-state index contributed by atoms with van der Waals surface area (Å²) in [6.45, 7) is 0. The molecule has 9 heavy (non-hydrogen) atoms. The minimum absolute atomic E-state index is 0.331. The van der Waals surface area contributed by atoms with Gasteiger partial charge in [0.2, 0.25) is 5.91 Å². The Morgan fingerprint density at radius 3 is 1.67 bits per heavy atom. The van der Waals surface area contributed by atoms with Crippen molar-refractivity contribution in [3.05, 3.63) is 11.8 Å². The lowest BCUT2D eigenvalue weighted by Gasteiger charge is -1.88. The van der Waals surface area contributed by atoms with Gasteiger partial charge in [0, 0.05) is 6.08 Å². The van der Waals surface area contributed by atoms with Gasteiger partial charge in [0.15, 0.2) is 0 Å². The highest BCUT2D eigenvalue weighted by molar-refractivity contribution is 5.98. The van der Waals surface area contributed by atoms with Gasteiger partial charge in [-0.25, -0.2) is 0 Å². The van der Waals surface area contributed by atoms with E-state index in [4.69, 9.17) is 5.73 Å². The molecule has 0 bridgehead atoms. The van der Waals surface area contributed by atoms with E-state index in [1.807, 2.05) is 0 Å². The first kappa shape index (κ1) is 7.48. The topological polar surface area (TPSA) is 112 Å². The average molecular weight is 129 g/mol. The molecule has 0 radical (unpaired) electrons. The molecule has 0 aliphatic rings. The first-order valence-electron chi connectivity index (χ1n) is 2.10. The molecule has 0 spiro atoms. The van der Waals surface area contributed by atoms with Crippen LogP contribution in [0.4, 0.5) is 0 Å². The summed E-state index contributed by atoms with van der Waals surface area (Å²) in [6, 6.07) is 0. The van der Waals surface area contributed by atoms with Crippen LogP contribution in [0.5, 0.6) is 0 Å². The Balaban J connectivity index is 4.17. The van der Waals surface area contributed by atoms with Gasteiger partial charge in [0.05, 0.1) is 0 Å². The van der Waals surface area contributed by atoms with E-state index in [-0.39, 0.29) is 5.70 Å². The molecule has 0 saturated carbocycles. The van der Waals surface area contributed by atoms with E-state index < -0.39 is 11.8 Å². The zero-order valence-corrected chi connectivity index (χ0v) is 4.63. The van der Waals surface area contributed by atoms with Crippen LogP contribution >= 0.6 is 0 Å². The van der Waals surface area contributed by atoms with Crippen LogP contribution < -0.4 is 17.2 Å². The van der Waals surface area contributed by atoms with Crippen molar-refractivity contribution in [3.8, 4) is 0 Å². The molecule has 5 heteroatoms. The zero-order valence-electron chi connectivity index (χ0n) is 4.63. The molecule has 0 atom stereocenters. The monoisotopic (exact) mass is 129 g/mol. The Morgan fingerprint density at radius 1 is 1.11 bits per heavy atom. The standard InChI is InChI=1S/C4H7N3O2/c5-2(4(7)9)1-3(6)8/h1H,5H2,(H2,6,8)(H2,7,9)/b2-1-. The van der Waals surface area contributed by atoms with Gasteiger partial charge in [-0.15, -0.1) is 0 Å². The normalized spacial score (nSPS) is 10.9. The molecule has 0 saturated heterocycles. The number of hydrogen-bond acceptors (Lipinski definition) is 3. The smallest absolute Gasteiger partial charge is 0.264 e. The molecule has 0 aliphatic carbocycles. The Bertz CT molecular complexity index is 173. The van der Waals surface area contributed by atoms with Crippen molar-refractivity contribution in [2.24, 2.45) is 17.2 Å². The molecule has 0 aromatic rings. The summed E-state index contributed by atoms with van der Waals surface area (Å²) in [5.41, 5.74) is 13.8. The summed E-state index contributed by atoms with van der Waals surface area (Å²) in [7, 11) is 0. The highest BCUT2D eigenvalue weighted by Crippen LogP contribution is 1.77. The Morgan fingerprint density at radius 2 is 1.56 bits per heavy atom. The molecule has 0 aromatic carbocycles. The quantitative estimate of drug-likeness (QED) is 0.368. The second-order valence-corrected chi connectivity index (χ2v) is 1.37. The number of amides is 2. The molecule has 0 aliphatic heterocycles. The maximum absolute atomic E-state index is 10.1. The van der Waals surface area contributed by atoms with Crippen LogP contribution in [0.15, 0.2) is 11.8 Å². The lowest BCUT2D eigenvalue weighted by Crippen LogP contribution is -2.22. The van der Waals surface area contributed by atoms with Gasteiger partial charge in [-0.1, -0.05) is 0 Å². The van der Waals surface area contributed by atoms with Gasteiger partial charge < -0.3 is 17.2 Å². The van der Waals surface area contributed by atoms with Crippen LogP contribution in [0.25, 0.3) is 0 Å². The fourth-order valence-electron chi connectivity index (χ4n) is 0.224. The van der Waals surface area contributed by atoms with Crippen LogP contribution in [0.3, 0.4) is 0 Å². The summed E-state index contributed by atoms with van der Waals surface area (Å²) in [6.07, 6.45) is 0.766. The number of rotatable bonds is 2. The first-order valence-corrected chi connectivity index (χ1v) is 2.10. The summed E-state index contributed by atoms with van der Waals surface area (Å²) < 4.78 is 0. The molecule has 0 aromatic heterocycles. The number of nitrogens with two attached hydrogens (primary N) is 3. The number of primary amides is 2. The van der Waals surface area contributed by atoms with Gasteiger partial charge in [0.1, 0.15) is 5.70 Å². The van der Waals surface area contributed by atoms with Crippen molar-refractivity contribution >= 4 is 11.8 Å². The van der Waals surface area contributed by atoms with Gasteiger partial charge in [0.25, 0.3) is 5.91 Å². The van der Waals surface area contributed by atoms with E-state index in [1.165, 1.54) is 0 Å². The predicted octanol–water partition coefficient (Wildman–Crippen LogP) is -2.20. The maximum atomic E-state index is 10.1. The van der Waals surface area contributed by atoms with Crippen LogP contribution in [0.2, 0.25) is 0 Å². The van der Waals surface area contributed by atoms with Gasteiger partial charge in [-0.05, 0) is 0 Å². The van der Waals surface area contributed by atoms with Crippen molar-refractivity contribution in [3.63, 3.8) is 0 Å². The van der Waals surface area contributed by atoms with Gasteiger partial charge in [-0.3, -0.25) is 9.59 Å². The van der Waals surface area contributed by atoms with Crippen LogP contribution in [-0.4, -0.2) is 11.8 Å². The average Bonchev–Trinajstić information content (AvgIpc) is 1.63. The molecule has 0 heterocycles. The predicted molar refractivity (Wildman–Crippen MR) is 30.7 cm³/mol. The van der Waals surface area contributed by atoms with Crippen molar-refractivity contribution in [1.82, 2.24) is 0 Å². The highest BCUT2D eigenvalue weighted by Gasteiger charge is 1.97. The molecule has 0 rings (SSSR count).